The molecule has 0 bridgehead atoms. The Hall–Kier alpha value is -2.90. The number of carbonyl (C=O) groups excluding carboxylic acids is 2. The molecule has 1 amide bonds. The van der Waals surface area contributed by atoms with Crippen LogP contribution in [0.4, 0.5) is 8.78 Å². The molecule has 0 aliphatic rings. The molecule has 1 N–H and O–H groups in total. The number of nitrogens with one attached hydrogen (secondary N) is 1. The van der Waals surface area contributed by atoms with Crippen molar-refractivity contribution in [3.8, 4) is 0 Å². The third-order valence-corrected chi connectivity index (χ3v) is 2.78. The van der Waals surface area contributed by atoms with Gasteiger partial charge in [-0.3, -0.25) is 9.78 Å². The van der Waals surface area contributed by atoms with Crippen LogP contribution in [0.2, 0.25) is 0 Å². The molecule has 1 aromatic heterocycles. The maximum absolute atomic E-state index is 13.8. The molecule has 2 rings (SSSR count). The summed E-state index contributed by atoms with van der Waals surface area (Å²) in [4.78, 5) is 31.3. The predicted molar refractivity (Wildman–Crippen MR) is 70.6 cm³/mol. The highest BCUT2D eigenvalue weighted by molar-refractivity contribution is 5.95. The van der Waals surface area contributed by atoms with Gasteiger partial charge in [-0.2, -0.15) is 0 Å². The number of benzene rings is 1. The van der Waals surface area contributed by atoms with E-state index in [0.717, 1.165) is 25.3 Å². The number of hydrogen-bond donors (Lipinski definition) is 1. The van der Waals surface area contributed by atoms with Crippen LogP contribution in [0.15, 0.2) is 36.8 Å². The third kappa shape index (κ3) is 3.40. The minimum atomic E-state index is -1.50. The van der Waals surface area contributed by atoms with Crippen LogP contribution < -0.4 is 5.32 Å². The lowest BCUT2D eigenvalue weighted by Crippen LogP contribution is -2.35. The van der Waals surface area contributed by atoms with Gasteiger partial charge in [-0.15, -0.1) is 0 Å². The number of nitrogens with zero attached hydrogens (tertiary/aromatic N) is 2. The normalized spacial score (nSPS) is 11.6. The highest BCUT2D eigenvalue weighted by atomic mass is 19.1. The lowest BCUT2D eigenvalue weighted by Gasteiger charge is -2.17. The number of hydrogen-bond acceptors (Lipinski definition) is 5. The Morgan fingerprint density at radius 1 is 1.27 bits per heavy atom. The fourth-order valence-electron chi connectivity index (χ4n) is 1.74. The van der Waals surface area contributed by atoms with Crippen molar-refractivity contribution < 1.29 is 23.1 Å². The molecule has 2 aromatic rings. The number of rotatable bonds is 4. The van der Waals surface area contributed by atoms with E-state index >= 15 is 0 Å². The third-order valence-electron chi connectivity index (χ3n) is 2.78. The predicted octanol–water partition coefficient (Wildman–Crippen LogP) is 1.40. The monoisotopic (exact) mass is 307 g/mol. The Labute approximate surface area is 124 Å². The van der Waals surface area contributed by atoms with Crippen molar-refractivity contribution in [2.75, 3.05) is 7.11 Å². The van der Waals surface area contributed by atoms with E-state index in [4.69, 9.17) is 0 Å². The second kappa shape index (κ2) is 6.70. The van der Waals surface area contributed by atoms with E-state index < -0.39 is 29.6 Å². The molecular formula is C14H11F2N3O3. The van der Waals surface area contributed by atoms with E-state index in [1.165, 1.54) is 18.6 Å². The van der Waals surface area contributed by atoms with E-state index in [0.29, 0.717) is 0 Å². The van der Waals surface area contributed by atoms with Gasteiger partial charge in [-0.1, -0.05) is 0 Å². The summed E-state index contributed by atoms with van der Waals surface area (Å²) in [6, 6.07) is 1.07. The number of halogens is 2. The molecule has 0 saturated carbocycles. The first-order valence-electron chi connectivity index (χ1n) is 6.12. The van der Waals surface area contributed by atoms with E-state index in [1.807, 2.05) is 0 Å². The average Bonchev–Trinajstić information content (AvgIpc) is 2.55. The van der Waals surface area contributed by atoms with Crippen LogP contribution in [0.3, 0.4) is 0 Å². The Kier molecular flexibility index (Phi) is 4.72. The molecule has 1 unspecified atom stereocenters. The summed E-state index contributed by atoms with van der Waals surface area (Å²) >= 11 is 0. The SMILES string of the molecule is COC(=O)C(NC(=O)c1cnccn1)c1cc(F)ccc1F. The number of carbonyl (C=O) groups is 2. The van der Waals surface area contributed by atoms with Gasteiger partial charge in [0.05, 0.1) is 13.3 Å². The van der Waals surface area contributed by atoms with Gasteiger partial charge < -0.3 is 10.1 Å². The smallest absolute Gasteiger partial charge is 0.333 e. The van der Waals surface area contributed by atoms with E-state index in [-0.39, 0.29) is 11.3 Å². The maximum atomic E-state index is 13.8. The van der Waals surface area contributed by atoms with Crippen molar-refractivity contribution in [1.82, 2.24) is 15.3 Å². The maximum Gasteiger partial charge on any atom is 0.333 e. The number of esters is 1. The molecule has 0 aliphatic carbocycles. The molecule has 22 heavy (non-hydrogen) atoms. The molecule has 114 valence electrons. The Morgan fingerprint density at radius 3 is 2.68 bits per heavy atom. The molecule has 8 heteroatoms. The molecular weight excluding hydrogens is 296 g/mol. The molecule has 0 radical (unpaired) electrons. The fourth-order valence-corrected chi connectivity index (χ4v) is 1.74. The van der Waals surface area contributed by atoms with Gasteiger partial charge in [0.2, 0.25) is 0 Å². The first kappa shape index (κ1) is 15.5. The van der Waals surface area contributed by atoms with Crippen LogP contribution in [0.1, 0.15) is 22.1 Å². The highest BCUT2D eigenvalue weighted by Crippen LogP contribution is 2.20. The molecule has 1 heterocycles. The number of aromatic nitrogens is 2. The first-order chi connectivity index (χ1) is 10.5. The molecule has 0 fully saturated rings. The van der Waals surface area contributed by atoms with Crippen LogP contribution in [0, 0.1) is 11.6 Å². The average molecular weight is 307 g/mol. The second-order valence-electron chi connectivity index (χ2n) is 4.19. The molecule has 0 saturated heterocycles. The number of amides is 1. The standard InChI is InChI=1S/C14H11F2N3O3/c1-22-14(21)12(9-6-8(15)2-3-10(9)16)19-13(20)11-7-17-4-5-18-11/h2-7,12H,1H3,(H,19,20). The van der Waals surface area contributed by atoms with E-state index in [2.05, 4.69) is 20.0 Å². The van der Waals surface area contributed by atoms with Crippen molar-refractivity contribution in [3.63, 3.8) is 0 Å². The molecule has 1 atom stereocenters. The van der Waals surface area contributed by atoms with Gasteiger partial charge in [0.25, 0.3) is 5.91 Å². The van der Waals surface area contributed by atoms with Gasteiger partial charge in [-0.05, 0) is 18.2 Å². The summed E-state index contributed by atoms with van der Waals surface area (Å²) < 4.78 is 31.6. The van der Waals surface area contributed by atoms with E-state index in [1.54, 1.807) is 0 Å². The Morgan fingerprint density at radius 2 is 2.05 bits per heavy atom. The summed E-state index contributed by atoms with van der Waals surface area (Å²) in [7, 11) is 1.07. The zero-order chi connectivity index (χ0) is 16.1. The van der Waals surface area contributed by atoms with Crippen molar-refractivity contribution in [2.24, 2.45) is 0 Å². The van der Waals surface area contributed by atoms with Gasteiger partial charge in [0.15, 0.2) is 6.04 Å². The summed E-state index contributed by atoms with van der Waals surface area (Å²) in [6.07, 6.45) is 3.82. The second-order valence-corrected chi connectivity index (χ2v) is 4.19. The zero-order valence-electron chi connectivity index (χ0n) is 11.4. The molecule has 1 aromatic carbocycles. The van der Waals surface area contributed by atoms with Crippen molar-refractivity contribution in [2.45, 2.75) is 6.04 Å². The van der Waals surface area contributed by atoms with Gasteiger partial charge >= 0.3 is 5.97 Å². The van der Waals surface area contributed by atoms with Crippen molar-refractivity contribution in [3.05, 3.63) is 59.7 Å². The number of methoxy groups -OCH3 is 1. The van der Waals surface area contributed by atoms with Crippen LogP contribution in [-0.2, 0) is 9.53 Å². The molecule has 0 spiro atoms. The summed E-state index contributed by atoms with van der Waals surface area (Å²) in [5.41, 5.74) is -0.419. The fraction of sp³-hybridized carbons (Fsp3) is 0.143. The highest BCUT2D eigenvalue weighted by Gasteiger charge is 2.27. The topological polar surface area (TPSA) is 81.2 Å². The lowest BCUT2D eigenvalue weighted by molar-refractivity contribution is -0.143. The van der Waals surface area contributed by atoms with Crippen LogP contribution in [0.5, 0.6) is 0 Å². The molecule has 0 aliphatic heterocycles. The van der Waals surface area contributed by atoms with Crippen LogP contribution in [0.25, 0.3) is 0 Å². The van der Waals surface area contributed by atoms with Gasteiger partial charge in [0, 0.05) is 18.0 Å². The van der Waals surface area contributed by atoms with Crippen LogP contribution in [-0.4, -0.2) is 29.0 Å². The number of ether oxygens (including phenoxy) is 1. The Balaban J connectivity index is 2.33. The largest absolute Gasteiger partial charge is 0.467 e. The zero-order valence-corrected chi connectivity index (χ0v) is 11.4. The summed E-state index contributed by atoms with van der Waals surface area (Å²) in [5, 5.41) is 2.25. The van der Waals surface area contributed by atoms with Crippen molar-refractivity contribution >= 4 is 11.9 Å². The minimum absolute atomic E-state index is 0.0757. The van der Waals surface area contributed by atoms with E-state index in [9.17, 15) is 18.4 Å². The van der Waals surface area contributed by atoms with Crippen LogP contribution >= 0.6 is 0 Å². The minimum Gasteiger partial charge on any atom is -0.467 e. The summed E-state index contributed by atoms with van der Waals surface area (Å²) in [5.74, 6) is -3.32. The van der Waals surface area contributed by atoms with Crippen molar-refractivity contribution in [1.29, 1.82) is 0 Å². The van der Waals surface area contributed by atoms with Gasteiger partial charge in [0.1, 0.15) is 17.3 Å². The Bertz CT molecular complexity index is 695. The molecule has 6 nitrogen and oxygen atoms in total. The van der Waals surface area contributed by atoms with Gasteiger partial charge in [-0.25, -0.2) is 18.6 Å². The quantitative estimate of drug-likeness (QED) is 0.864. The summed E-state index contributed by atoms with van der Waals surface area (Å²) in [6.45, 7) is 0. The first-order valence-corrected chi connectivity index (χ1v) is 6.12. The lowest BCUT2D eigenvalue weighted by atomic mass is 10.1.